The van der Waals surface area contributed by atoms with Crippen LogP contribution in [0.3, 0.4) is 0 Å². The molecule has 1 aliphatic rings. The first-order valence-electron chi connectivity index (χ1n) is 17.2. The Labute approximate surface area is 303 Å². The minimum absolute atomic E-state index is 0.160. The van der Waals surface area contributed by atoms with E-state index in [-0.39, 0.29) is 16.8 Å². The van der Waals surface area contributed by atoms with E-state index >= 15 is 0 Å². The Hall–Kier alpha value is -5.49. The number of piperazine rings is 1. The Morgan fingerprint density at radius 3 is 2.31 bits per heavy atom. The van der Waals surface area contributed by atoms with Gasteiger partial charge in [-0.15, -0.1) is 0 Å². The number of nitrogens with zero attached hydrogens (tertiary/aromatic N) is 6. The van der Waals surface area contributed by atoms with Gasteiger partial charge in [0.15, 0.2) is 5.65 Å². The Morgan fingerprint density at radius 2 is 1.62 bits per heavy atom. The van der Waals surface area contributed by atoms with Crippen LogP contribution in [0.5, 0.6) is 0 Å². The van der Waals surface area contributed by atoms with Gasteiger partial charge >= 0.3 is 6.09 Å². The van der Waals surface area contributed by atoms with Crippen molar-refractivity contribution in [2.24, 2.45) is 0 Å². The van der Waals surface area contributed by atoms with E-state index in [0.717, 1.165) is 33.5 Å². The van der Waals surface area contributed by atoms with E-state index in [2.05, 4.69) is 29.1 Å². The first-order chi connectivity index (χ1) is 24.7. The van der Waals surface area contributed by atoms with E-state index in [1.807, 2.05) is 52.1 Å². The normalized spacial score (nSPS) is 13.9. The Kier molecular flexibility index (Phi) is 9.12. The van der Waals surface area contributed by atoms with Gasteiger partial charge in [-0.05, 0) is 93.8 Å². The van der Waals surface area contributed by atoms with E-state index in [0.29, 0.717) is 54.9 Å². The van der Waals surface area contributed by atoms with Crippen LogP contribution < -0.4 is 4.90 Å². The zero-order valence-electron chi connectivity index (χ0n) is 29.9. The van der Waals surface area contributed by atoms with Gasteiger partial charge in [0.1, 0.15) is 11.4 Å². The average molecular weight is 721 g/mol. The molecule has 0 atom stereocenters. The minimum Gasteiger partial charge on any atom is -0.444 e. The van der Waals surface area contributed by atoms with E-state index in [1.54, 1.807) is 58.5 Å². The van der Waals surface area contributed by atoms with Crippen molar-refractivity contribution in [2.75, 3.05) is 31.1 Å². The molecule has 6 aromatic rings. The number of pyridine rings is 1. The molecule has 0 unspecified atom stereocenters. The number of amides is 1. The molecule has 7 rings (SSSR count). The number of carbonyl (C=O) groups excluding carboxylic acids is 1. The van der Waals surface area contributed by atoms with Crippen molar-refractivity contribution in [1.29, 1.82) is 0 Å². The maximum atomic E-state index is 14.0. The van der Waals surface area contributed by atoms with Gasteiger partial charge < -0.3 is 14.5 Å². The molecule has 1 aliphatic heterocycles. The number of hydrogen-bond donors (Lipinski definition) is 0. The number of ether oxygens (including phenoxy) is 1. The molecule has 3 aromatic heterocycles. The maximum Gasteiger partial charge on any atom is 0.410 e. The van der Waals surface area contributed by atoms with Crippen molar-refractivity contribution in [1.82, 2.24) is 23.6 Å². The van der Waals surface area contributed by atoms with Crippen LogP contribution >= 0.6 is 0 Å². The van der Waals surface area contributed by atoms with Gasteiger partial charge in [0.25, 0.3) is 10.0 Å². The summed E-state index contributed by atoms with van der Waals surface area (Å²) in [4.78, 5) is 21.5. The Balaban J connectivity index is 1.22. The smallest absolute Gasteiger partial charge is 0.410 e. The molecule has 4 heterocycles. The zero-order chi connectivity index (χ0) is 36.8. The number of fused-ring (bicyclic) bond motifs is 1. The third kappa shape index (κ3) is 7.16. The minimum atomic E-state index is -3.99. The molecule has 1 amide bonds. The summed E-state index contributed by atoms with van der Waals surface area (Å²) in [5, 5.41) is 5.17. The lowest BCUT2D eigenvalue weighted by atomic mass is 10.0. The highest BCUT2D eigenvalue weighted by Crippen LogP contribution is 2.36. The number of hydrogen-bond acceptors (Lipinski definition) is 7. The van der Waals surface area contributed by atoms with Gasteiger partial charge in [0.05, 0.1) is 17.6 Å². The summed E-state index contributed by atoms with van der Waals surface area (Å²) in [7, 11) is -3.99. The van der Waals surface area contributed by atoms with E-state index < -0.39 is 15.6 Å². The van der Waals surface area contributed by atoms with Crippen molar-refractivity contribution in [3.8, 4) is 22.3 Å². The molecule has 268 valence electrons. The fraction of sp³-hybridized carbons (Fsp3) is 0.275. The van der Waals surface area contributed by atoms with Crippen LogP contribution in [-0.4, -0.2) is 69.9 Å². The number of aromatic nitrogens is 4. The van der Waals surface area contributed by atoms with Gasteiger partial charge in [0, 0.05) is 72.5 Å². The van der Waals surface area contributed by atoms with Gasteiger partial charge in [-0.1, -0.05) is 35.9 Å². The molecule has 0 spiro atoms. The Bertz CT molecular complexity index is 2390. The predicted octanol–water partition coefficient (Wildman–Crippen LogP) is 7.67. The summed E-state index contributed by atoms with van der Waals surface area (Å²) in [5.41, 5.74) is 6.75. The van der Waals surface area contributed by atoms with Crippen LogP contribution in [-0.2, 0) is 21.3 Å². The molecular formula is C40H41FN6O4S. The molecule has 0 radical (unpaired) electrons. The molecule has 0 saturated carbocycles. The van der Waals surface area contributed by atoms with Gasteiger partial charge in [0.2, 0.25) is 0 Å². The van der Waals surface area contributed by atoms with Crippen LogP contribution in [0.15, 0.2) is 102 Å². The lowest BCUT2D eigenvalue weighted by Gasteiger charge is -2.37. The third-order valence-electron chi connectivity index (χ3n) is 9.17. The summed E-state index contributed by atoms with van der Waals surface area (Å²) in [5.74, 6) is -0.322. The number of halogens is 1. The van der Waals surface area contributed by atoms with Crippen molar-refractivity contribution < 1.29 is 22.3 Å². The molecule has 1 saturated heterocycles. The zero-order valence-corrected chi connectivity index (χ0v) is 30.7. The largest absolute Gasteiger partial charge is 0.444 e. The lowest BCUT2D eigenvalue weighted by molar-refractivity contribution is 0.0240. The highest BCUT2D eigenvalue weighted by molar-refractivity contribution is 7.90. The number of aryl methyl sites for hydroxylation is 2. The van der Waals surface area contributed by atoms with Crippen LogP contribution in [0.25, 0.3) is 33.3 Å². The van der Waals surface area contributed by atoms with Crippen LogP contribution in [0.2, 0.25) is 0 Å². The van der Waals surface area contributed by atoms with Crippen LogP contribution in [0.1, 0.15) is 37.5 Å². The average Bonchev–Trinajstić information content (AvgIpc) is 3.72. The van der Waals surface area contributed by atoms with Gasteiger partial charge in [-0.2, -0.15) is 5.10 Å². The van der Waals surface area contributed by atoms with E-state index in [4.69, 9.17) is 9.72 Å². The maximum absolute atomic E-state index is 14.0. The van der Waals surface area contributed by atoms with E-state index in [9.17, 15) is 17.6 Å². The number of carbonyl (C=O) groups is 1. The molecule has 3 aromatic carbocycles. The van der Waals surface area contributed by atoms with E-state index in [1.165, 1.54) is 16.1 Å². The first kappa shape index (κ1) is 34.9. The quantitative estimate of drug-likeness (QED) is 0.167. The number of benzene rings is 3. The molecule has 52 heavy (non-hydrogen) atoms. The fourth-order valence-corrected chi connectivity index (χ4v) is 7.86. The standard InChI is InChI=1S/C40H41FN6O4S/c1-27-9-12-34(13-10-27)52(49,50)47-26-36(32-23-43-46(25-32)24-29-7-6-8-33(41)20-29)35-21-31(22-42-38(35)47)30-11-14-37(28(2)19-30)44-15-17-45(18-16-44)39(48)51-40(3,4)5/h6-14,19-23,25-26H,15-18,24H2,1-5H3. The summed E-state index contributed by atoms with van der Waals surface area (Å²) >= 11 is 0. The predicted molar refractivity (Wildman–Crippen MR) is 200 cm³/mol. The van der Waals surface area contributed by atoms with Crippen LogP contribution in [0.4, 0.5) is 14.9 Å². The SMILES string of the molecule is Cc1ccc(S(=O)(=O)n2cc(-c3cnn(Cc4cccc(F)c4)c3)c3cc(-c4ccc(N5CCN(C(=O)OC(C)(C)C)CC5)c(C)c4)cnc32)cc1. The molecule has 12 heteroatoms. The monoisotopic (exact) mass is 720 g/mol. The topological polar surface area (TPSA) is 103 Å². The summed E-state index contributed by atoms with van der Waals surface area (Å²) in [6.07, 6.45) is 6.53. The Morgan fingerprint density at radius 1 is 0.865 bits per heavy atom. The van der Waals surface area contributed by atoms with Gasteiger partial charge in [-0.3, -0.25) is 4.68 Å². The molecule has 10 nitrogen and oxygen atoms in total. The lowest BCUT2D eigenvalue weighted by Crippen LogP contribution is -2.50. The van der Waals surface area contributed by atoms with Crippen molar-refractivity contribution in [3.63, 3.8) is 0 Å². The molecule has 0 bridgehead atoms. The number of anilines is 1. The summed E-state index contributed by atoms with van der Waals surface area (Å²) < 4.78 is 50.4. The van der Waals surface area contributed by atoms with Crippen LogP contribution in [0, 0.1) is 19.7 Å². The highest BCUT2D eigenvalue weighted by Gasteiger charge is 2.27. The van der Waals surface area contributed by atoms with Crippen molar-refractivity contribution in [2.45, 2.75) is 51.7 Å². The first-order valence-corrected chi connectivity index (χ1v) is 18.6. The molecule has 0 aliphatic carbocycles. The second-order valence-electron chi connectivity index (χ2n) is 14.3. The summed E-state index contributed by atoms with van der Waals surface area (Å²) in [6.45, 7) is 12.4. The summed E-state index contributed by atoms with van der Waals surface area (Å²) in [6, 6.07) is 21.3. The number of rotatable bonds is 7. The fourth-order valence-electron chi connectivity index (χ4n) is 6.53. The second-order valence-corrected chi connectivity index (χ2v) is 16.1. The van der Waals surface area contributed by atoms with Gasteiger partial charge in [-0.25, -0.2) is 26.6 Å². The highest BCUT2D eigenvalue weighted by atomic mass is 32.2. The third-order valence-corrected chi connectivity index (χ3v) is 10.8. The van der Waals surface area contributed by atoms with Crippen molar-refractivity contribution in [3.05, 3.63) is 120 Å². The molecular weight excluding hydrogens is 680 g/mol. The van der Waals surface area contributed by atoms with Crippen molar-refractivity contribution >= 4 is 32.8 Å². The second kappa shape index (κ2) is 13.6. The molecule has 1 fully saturated rings. The molecule has 0 N–H and O–H groups in total.